The monoisotopic (exact) mass is 270 g/mol. The van der Waals surface area contributed by atoms with Gasteiger partial charge in [-0.25, -0.2) is 0 Å². The van der Waals surface area contributed by atoms with Crippen LogP contribution < -0.4 is 15.2 Å². The molecule has 0 aliphatic carbocycles. The van der Waals surface area contributed by atoms with E-state index in [0.29, 0.717) is 0 Å². The largest absolute Gasteiger partial charge is 0.493 e. The van der Waals surface area contributed by atoms with E-state index >= 15 is 0 Å². The summed E-state index contributed by atoms with van der Waals surface area (Å²) in [5.41, 5.74) is 4.79. The first kappa shape index (κ1) is 14.7. The van der Waals surface area contributed by atoms with E-state index in [1.165, 1.54) is 13.2 Å². The van der Waals surface area contributed by atoms with Crippen LogP contribution in [0.15, 0.2) is 12.1 Å². The van der Waals surface area contributed by atoms with Crippen LogP contribution in [0.4, 0.5) is 5.69 Å². The minimum Gasteiger partial charge on any atom is -0.493 e. The molecular formula is C11H14N2O6. The summed E-state index contributed by atoms with van der Waals surface area (Å²) in [6.07, 6.45) is -0.0152. The number of carbonyl (C=O) groups is 1. The topological polar surface area (TPSA) is 125 Å². The molecule has 0 spiro atoms. The Morgan fingerprint density at radius 3 is 2.63 bits per heavy atom. The molecule has 0 heterocycles. The van der Waals surface area contributed by atoms with E-state index in [9.17, 15) is 14.9 Å². The van der Waals surface area contributed by atoms with Crippen LogP contribution in [0.25, 0.3) is 0 Å². The zero-order valence-corrected chi connectivity index (χ0v) is 10.3. The van der Waals surface area contributed by atoms with Crippen molar-refractivity contribution in [2.75, 3.05) is 13.7 Å². The Morgan fingerprint density at radius 2 is 2.16 bits per heavy atom. The second kappa shape index (κ2) is 6.55. The number of nitrogens with zero attached hydrogens (tertiary/aromatic N) is 1. The van der Waals surface area contributed by atoms with Crippen LogP contribution in [0.1, 0.15) is 12.0 Å². The van der Waals surface area contributed by atoms with Gasteiger partial charge in [0.15, 0.2) is 11.5 Å². The summed E-state index contributed by atoms with van der Waals surface area (Å²) in [6.45, 7) is -0.504. The number of hydrogen-bond donors (Lipinski definition) is 2. The minimum atomic E-state index is -0.633. The number of amides is 1. The Kier molecular flexibility index (Phi) is 5.07. The van der Waals surface area contributed by atoms with Gasteiger partial charge >= 0.3 is 0 Å². The molecule has 1 amide bonds. The third-order valence-corrected chi connectivity index (χ3v) is 2.34. The van der Waals surface area contributed by atoms with E-state index in [4.69, 9.17) is 20.3 Å². The smallest absolute Gasteiger partial charge is 0.278 e. The van der Waals surface area contributed by atoms with Gasteiger partial charge in [0.1, 0.15) is 0 Å². The van der Waals surface area contributed by atoms with Crippen LogP contribution in [0.3, 0.4) is 0 Å². The van der Waals surface area contributed by atoms with E-state index in [-0.39, 0.29) is 35.8 Å². The number of nitro benzene ring substituents is 1. The van der Waals surface area contributed by atoms with Crippen molar-refractivity contribution < 1.29 is 24.3 Å². The summed E-state index contributed by atoms with van der Waals surface area (Å²) >= 11 is 0. The van der Waals surface area contributed by atoms with Gasteiger partial charge in [-0.3, -0.25) is 14.9 Å². The van der Waals surface area contributed by atoms with Gasteiger partial charge < -0.3 is 20.3 Å². The molecule has 1 aromatic rings. The molecule has 8 heteroatoms. The van der Waals surface area contributed by atoms with Crippen molar-refractivity contribution in [3.05, 3.63) is 27.8 Å². The number of aliphatic hydroxyl groups excluding tert-OH is 1. The van der Waals surface area contributed by atoms with Crippen LogP contribution in [-0.2, 0) is 11.4 Å². The Morgan fingerprint density at radius 1 is 1.47 bits per heavy atom. The second-order valence-corrected chi connectivity index (χ2v) is 3.61. The summed E-state index contributed by atoms with van der Waals surface area (Å²) in [7, 11) is 1.36. The number of benzene rings is 1. The lowest BCUT2D eigenvalue weighted by atomic mass is 10.1. The van der Waals surface area contributed by atoms with Crippen LogP contribution in [0, 0.1) is 10.1 Å². The van der Waals surface area contributed by atoms with Gasteiger partial charge in [-0.05, 0) is 6.07 Å². The highest BCUT2D eigenvalue weighted by molar-refractivity contribution is 5.73. The first-order chi connectivity index (χ1) is 8.99. The highest BCUT2D eigenvalue weighted by atomic mass is 16.6. The molecular weight excluding hydrogens is 256 g/mol. The highest BCUT2D eigenvalue weighted by Crippen LogP contribution is 2.34. The van der Waals surface area contributed by atoms with Crippen molar-refractivity contribution in [2.45, 2.75) is 13.0 Å². The molecule has 0 atom stereocenters. The first-order valence-corrected chi connectivity index (χ1v) is 5.36. The molecule has 0 saturated heterocycles. The van der Waals surface area contributed by atoms with Crippen molar-refractivity contribution in [1.29, 1.82) is 0 Å². The number of methoxy groups -OCH3 is 1. The molecule has 8 nitrogen and oxygen atoms in total. The molecule has 19 heavy (non-hydrogen) atoms. The van der Waals surface area contributed by atoms with Crippen molar-refractivity contribution >= 4 is 11.6 Å². The Labute approximate surface area is 108 Å². The summed E-state index contributed by atoms with van der Waals surface area (Å²) < 4.78 is 10.2. The Bertz CT molecular complexity index is 488. The second-order valence-electron chi connectivity index (χ2n) is 3.61. The van der Waals surface area contributed by atoms with Crippen LogP contribution in [-0.4, -0.2) is 29.7 Å². The van der Waals surface area contributed by atoms with Crippen molar-refractivity contribution in [3.8, 4) is 11.5 Å². The van der Waals surface area contributed by atoms with E-state index < -0.39 is 17.4 Å². The molecule has 0 radical (unpaired) electrons. The van der Waals surface area contributed by atoms with E-state index in [1.54, 1.807) is 0 Å². The van der Waals surface area contributed by atoms with Crippen LogP contribution in [0.2, 0.25) is 0 Å². The molecule has 0 fully saturated rings. The lowest BCUT2D eigenvalue weighted by molar-refractivity contribution is -0.385. The number of rotatable bonds is 7. The third-order valence-electron chi connectivity index (χ3n) is 2.34. The molecule has 0 aliphatic heterocycles. The maximum Gasteiger partial charge on any atom is 0.278 e. The van der Waals surface area contributed by atoms with Gasteiger partial charge in [-0.15, -0.1) is 0 Å². The van der Waals surface area contributed by atoms with E-state index in [2.05, 4.69) is 0 Å². The van der Waals surface area contributed by atoms with Gasteiger partial charge in [-0.2, -0.15) is 0 Å². The molecule has 0 aliphatic rings. The Hall–Kier alpha value is -2.35. The molecule has 1 rings (SSSR count). The zero-order chi connectivity index (χ0) is 14.4. The molecule has 0 aromatic heterocycles. The zero-order valence-electron chi connectivity index (χ0n) is 10.3. The molecule has 1 aromatic carbocycles. The van der Waals surface area contributed by atoms with E-state index in [1.807, 2.05) is 0 Å². The summed E-state index contributed by atoms with van der Waals surface area (Å²) in [6, 6.07) is 2.46. The molecule has 0 unspecified atom stereocenters. The highest BCUT2D eigenvalue weighted by Gasteiger charge is 2.19. The number of aliphatic hydroxyl groups is 1. The molecule has 3 N–H and O–H groups in total. The van der Waals surface area contributed by atoms with Gasteiger partial charge in [0.05, 0.1) is 43.3 Å². The van der Waals surface area contributed by atoms with Crippen LogP contribution >= 0.6 is 0 Å². The molecule has 104 valence electrons. The quantitative estimate of drug-likeness (QED) is 0.544. The number of nitro groups is 1. The molecule has 0 bridgehead atoms. The lowest BCUT2D eigenvalue weighted by Crippen LogP contribution is -2.14. The van der Waals surface area contributed by atoms with Gasteiger partial charge in [0, 0.05) is 0 Å². The number of ether oxygens (including phenoxy) is 2. The normalized spacial score (nSPS) is 10.0. The fourth-order valence-corrected chi connectivity index (χ4v) is 1.42. The fourth-order valence-electron chi connectivity index (χ4n) is 1.42. The van der Waals surface area contributed by atoms with Crippen molar-refractivity contribution in [3.63, 3.8) is 0 Å². The molecule has 0 saturated carbocycles. The predicted molar refractivity (Wildman–Crippen MR) is 64.9 cm³/mol. The number of hydrogen-bond acceptors (Lipinski definition) is 6. The summed E-state index contributed by atoms with van der Waals surface area (Å²) in [4.78, 5) is 20.8. The first-order valence-electron chi connectivity index (χ1n) is 5.36. The summed E-state index contributed by atoms with van der Waals surface area (Å²) in [5, 5.41) is 19.9. The third kappa shape index (κ3) is 3.81. The SMILES string of the molecule is COc1cc(CO)c([N+](=O)[O-])cc1OCCC(N)=O. The number of carbonyl (C=O) groups excluding carboxylic acids is 1. The van der Waals surface area contributed by atoms with E-state index in [0.717, 1.165) is 6.07 Å². The number of nitrogens with two attached hydrogens (primary N) is 1. The maximum atomic E-state index is 10.8. The Balaban J connectivity index is 3.04. The summed E-state index contributed by atoms with van der Waals surface area (Å²) in [5.74, 6) is -0.188. The van der Waals surface area contributed by atoms with Crippen LogP contribution in [0.5, 0.6) is 11.5 Å². The minimum absolute atomic E-state index is 0.0126. The average molecular weight is 270 g/mol. The standard InChI is InChI=1S/C11H14N2O6/c1-18-9-4-7(6-14)8(13(16)17)5-10(9)19-3-2-11(12)15/h4-5,14H,2-3,6H2,1H3,(H2,12,15). The predicted octanol–water partition coefficient (Wildman–Crippen LogP) is 0.350. The number of primary amides is 1. The van der Waals surface area contributed by atoms with Crippen molar-refractivity contribution in [1.82, 2.24) is 0 Å². The maximum absolute atomic E-state index is 10.8. The fraction of sp³-hybridized carbons (Fsp3) is 0.364. The van der Waals surface area contributed by atoms with Gasteiger partial charge in [0.25, 0.3) is 5.69 Å². The van der Waals surface area contributed by atoms with Crippen molar-refractivity contribution in [2.24, 2.45) is 5.73 Å². The average Bonchev–Trinajstić information content (AvgIpc) is 2.37. The van der Waals surface area contributed by atoms with Gasteiger partial charge in [-0.1, -0.05) is 0 Å². The van der Waals surface area contributed by atoms with Gasteiger partial charge in [0.2, 0.25) is 5.91 Å². The lowest BCUT2D eigenvalue weighted by Gasteiger charge is -2.11.